The molecular weight excluding hydrogens is 289 g/mol. The van der Waals surface area contributed by atoms with Crippen LogP contribution >= 0.6 is 0 Å². The molecule has 0 saturated heterocycles. The first-order valence-electron chi connectivity index (χ1n) is 6.56. The molecular formula is C15H12FN3O3. The maximum atomic E-state index is 12.8. The lowest BCUT2D eigenvalue weighted by molar-refractivity contribution is 0.284. The van der Waals surface area contributed by atoms with Crippen LogP contribution < -0.4 is 10.3 Å². The van der Waals surface area contributed by atoms with Crippen LogP contribution in [-0.2, 0) is 13.2 Å². The third-order valence-electron chi connectivity index (χ3n) is 2.90. The Morgan fingerprint density at radius 2 is 2.00 bits per heavy atom. The van der Waals surface area contributed by atoms with Crippen molar-refractivity contribution >= 4 is 0 Å². The third-order valence-corrected chi connectivity index (χ3v) is 2.90. The van der Waals surface area contributed by atoms with Crippen LogP contribution in [0.3, 0.4) is 0 Å². The van der Waals surface area contributed by atoms with Crippen molar-refractivity contribution in [1.29, 1.82) is 0 Å². The van der Waals surface area contributed by atoms with E-state index in [1.165, 1.54) is 34.9 Å². The molecule has 0 atom stereocenters. The molecule has 22 heavy (non-hydrogen) atoms. The van der Waals surface area contributed by atoms with Gasteiger partial charge in [0.15, 0.2) is 6.61 Å². The predicted octanol–water partition coefficient (Wildman–Crippen LogP) is 2.00. The van der Waals surface area contributed by atoms with Crippen LogP contribution in [0.15, 0.2) is 58.0 Å². The molecule has 2 aromatic heterocycles. The SMILES string of the molecule is O=c1ccccn1Cc1nc(COc2ccc(F)cc2)no1. The van der Waals surface area contributed by atoms with Gasteiger partial charge in [0.2, 0.25) is 11.7 Å². The highest BCUT2D eigenvalue weighted by Crippen LogP contribution is 2.12. The zero-order chi connectivity index (χ0) is 15.4. The van der Waals surface area contributed by atoms with E-state index in [0.29, 0.717) is 17.5 Å². The average Bonchev–Trinajstić information content (AvgIpc) is 2.97. The van der Waals surface area contributed by atoms with Crippen LogP contribution in [0.1, 0.15) is 11.7 Å². The fourth-order valence-corrected chi connectivity index (χ4v) is 1.83. The molecule has 0 spiro atoms. The molecule has 2 heterocycles. The number of hydrogen-bond acceptors (Lipinski definition) is 5. The molecule has 3 aromatic rings. The standard InChI is InChI=1S/C15H12FN3O3/c16-11-4-6-12(7-5-11)21-10-13-17-14(22-18-13)9-19-8-2-1-3-15(19)20/h1-8H,9-10H2. The van der Waals surface area contributed by atoms with E-state index in [1.807, 2.05) is 0 Å². The van der Waals surface area contributed by atoms with Gasteiger partial charge >= 0.3 is 0 Å². The summed E-state index contributed by atoms with van der Waals surface area (Å²) in [5, 5.41) is 3.77. The maximum Gasteiger partial charge on any atom is 0.250 e. The third kappa shape index (κ3) is 3.38. The summed E-state index contributed by atoms with van der Waals surface area (Å²) in [6, 6.07) is 10.5. The average molecular weight is 301 g/mol. The van der Waals surface area contributed by atoms with Gasteiger partial charge in [-0.1, -0.05) is 11.2 Å². The Balaban J connectivity index is 1.63. The number of ether oxygens (including phenoxy) is 1. The Labute approximate surface area is 124 Å². The van der Waals surface area contributed by atoms with Crippen molar-refractivity contribution in [3.05, 3.63) is 76.5 Å². The minimum absolute atomic E-state index is 0.0961. The number of nitrogens with zero attached hydrogens (tertiary/aromatic N) is 3. The minimum Gasteiger partial charge on any atom is -0.485 e. The van der Waals surface area contributed by atoms with Gasteiger partial charge in [0.1, 0.15) is 18.1 Å². The first-order chi connectivity index (χ1) is 10.7. The smallest absolute Gasteiger partial charge is 0.250 e. The van der Waals surface area contributed by atoms with Crippen LogP contribution in [-0.4, -0.2) is 14.7 Å². The summed E-state index contributed by atoms with van der Waals surface area (Å²) in [4.78, 5) is 15.7. The summed E-state index contributed by atoms with van der Waals surface area (Å²) >= 11 is 0. The van der Waals surface area contributed by atoms with E-state index >= 15 is 0 Å². The summed E-state index contributed by atoms with van der Waals surface area (Å²) in [5.74, 6) is 0.837. The molecule has 0 aliphatic carbocycles. The van der Waals surface area contributed by atoms with E-state index in [4.69, 9.17) is 9.26 Å². The van der Waals surface area contributed by atoms with Crippen molar-refractivity contribution in [3.8, 4) is 5.75 Å². The lowest BCUT2D eigenvalue weighted by Gasteiger charge is -2.02. The van der Waals surface area contributed by atoms with E-state index in [-0.39, 0.29) is 24.5 Å². The highest BCUT2D eigenvalue weighted by Gasteiger charge is 2.08. The lowest BCUT2D eigenvalue weighted by atomic mass is 10.3. The van der Waals surface area contributed by atoms with Gasteiger partial charge in [-0.25, -0.2) is 4.39 Å². The van der Waals surface area contributed by atoms with Crippen LogP contribution in [0.2, 0.25) is 0 Å². The van der Waals surface area contributed by atoms with Crippen LogP contribution in [0.25, 0.3) is 0 Å². The first-order valence-corrected chi connectivity index (χ1v) is 6.56. The maximum absolute atomic E-state index is 12.8. The Hall–Kier alpha value is -2.96. The molecule has 0 radical (unpaired) electrons. The number of hydrogen-bond donors (Lipinski definition) is 0. The second-order valence-electron chi connectivity index (χ2n) is 4.51. The quantitative estimate of drug-likeness (QED) is 0.721. The van der Waals surface area contributed by atoms with Gasteiger partial charge in [0, 0.05) is 12.3 Å². The Kier molecular flexibility index (Phi) is 3.95. The Morgan fingerprint density at radius 1 is 1.18 bits per heavy atom. The largest absolute Gasteiger partial charge is 0.485 e. The number of aromatic nitrogens is 3. The second-order valence-corrected chi connectivity index (χ2v) is 4.51. The van der Waals surface area contributed by atoms with E-state index in [9.17, 15) is 9.18 Å². The van der Waals surface area contributed by atoms with Crippen molar-refractivity contribution in [2.24, 2.45) is 0 Å². The van der Waals surface area contributed by atoms with Crippen molar-refractivity contribution in [2.75, 3.05) is 0 Å². The molecule has 0 fully saturated rings. The molecule has 112 valence electrons. The first kappa shape index (κ1) is 14.0. The Bertz CT molecular complexity index is 811. The lowest BCUT2D eigenvalue weighted by Crippen LogP contribution is -2.18. The van der Waals surface area contributed by atoms with Crippen LogP contribution in [0.4, 0.5) is 4.39 Å². The summed E-state index contributed by atoms with van der Waals surface area (Å²) in [6.07, 6.45) is 1.64. The van der Waals surface area contributed by atoms with Gasteiger partial charge in [0.25, 0.3) is 5.56 Å². The molecule has 0 N–H and O–H groups in total. The highest BCUT2D eigenvalue weighted by atomic mass is 19.1. The number of rotatable bonds is 5. The molecule has 0 aliphatic rings. The predicted molar refractivity (Wildman–Crippen MR) is 74.8 cm³/mol. The van der Waals surface area contributed by atoms with Gasteiger partial charge in [-0.15, -0.1) is 0 Å². The van der Waals surface area contributed by atoms with E-state index in [0.717, 1.165) is 0 Å². The van der Waals surface area contributed by atoms with Crippen LogP contribution in [0, 0.1) is 5.82 Å². The summed E-state index contributed by atoms with van der Waals surface area (Å²) < 4.78 is 24.7. The van der Waals surface area contributed by atoms with Crippen molar-refractivity contribution in [3.63, 3.8) is 0 Å². The van der Waals surface area contributed by atoms with Gasteiger partial charge in [-0.2, -0.15) is 4.98 Å². The molecule has 0 bridgehead atoms. The topological polar surface area (TPSA) is 70.2 Å². The molecule has 0 aliphatic heterocycles. The zero-order valence-corrected chi connectivity index (χ0v) is 11.5. The van der Waals surface area contributed by atoms with E-state index in [2.05, 4.69) is 10.1 Å². The molecule has 0 saturated carbocycles. The van der Waals surface area contributed by atoms with E-state index < -0.39 is 0 Å². The van der Waals surface area contributed by atoms with Gasteiger partial charge < -0.3 is 13.8 Å². The molecule has 0 unspecified atom stereocenters. The molecule has 0 amide bonds. The molecule has 1 aromatic carbocycles. The normalized spacial score (nSPS) is 10.6. The highest BCUT2D eigenvalue weighted by molar-refractivity contribution is 5.22. The molecule has 3 rings (SSSR count). The van der Waals surface area contributed by atoms with Gasteiger partial charge in [0.05, 0.1) is 0 Å². The molecule has 6 nitrogen and oxygen atoms in total. The Morgan fingerprint density at radius 3 is 2.77 bits per heavy atom. The number of halogens is 1. The number of pyridine rings is 1. The zero-order valence-electron chi connectivity index (χ0n) is 11.5. The van der Waals surface area contributed by atoms with Crippen molar-refractivity contribution < 1.29 is 13.7 Å². The summed E-state index contributed by atoms with van der Waals surface area (Å²) in [5.41, 5.74) is -0.148. The van der Waals surface area contributed by atoms with Crippen molar-refractivity contribution in [2.45, 2.75) is 13.2 Å². The summed E-state index contributed by atoms with van der Waals surface area (Å²) in [7, 11) is 0. The molecule has 7 heteroatoms. The fraction of sp³-hybridized carbons (Fsp3) is 0.133. The number of benzene rings is 1. The van der Waals surface area contributed by atoms with Gasteiger partial charge in [-0.3, -0.25) is 4.79 Å². The fourth-order valence-electron chi connectivity index (χ4n) is 1.83. The minimum atomic E-state index is -0.331. The monoisotopic (exact) mass is 301 g/mol. The summed E-state index contributed by atoms with van der Waals surface area (Å²) in [6.45, 7) is 0.294. The van der Waals surface area contributed by atoms with Gasteiger partial charge in [-0.05, 0) is 30.3 Å². The second kappa shape index (κ2) is 6.21. The van der Waals surface area contributed by atoms with E-state index in [1.54, 1.807) is 18.3 Å². The van der Waals surface area contributed by atoms with Crippen LogP contribution in [0.5, 0.6) is 5.75 Å². The van der Waals surface area contributed by atoms with Crippen molar-refractivity contribution in [1.82, 2.24) is 14.7 Å².